The first-order chi connectivity index (χ1) is 26.3. The van der Waals surface area contributed by atoms with E-state index in [2.05, 4.69) is 43.9 Å². The van der Waals surface area contributed by atoms with Crippen LogP contribution in [-0.4, -0.2) is 101 Å². The predicted molar refractivity (Wildman–Crippen MR) is 200 cm³/mol. The van der Waals surface area contributed by atoms with E-state index in [0.29, 0.717) is 30.4 Å². The monoisotopic (exact) mass is 731 g/mol. The van der Waals surface area contributed by atoms with Crippen molar-refractivity contribution in [2.45, 2.75) is 63.8 Å². The molecule has 0 radical (unpaired) electrons. The summed E-state index contributed by atoms with van der Waals surface area (Å²) in [7, 11) is 0. The Bertz CT molecular complexity index is 2090. The lowest BCUT2D eigenvalue weighted by Gasteiger charge is -2.38. The maximum atomic E-state index is 13.3. The number of benzene rings is 3. The molecule has 0 spiro atoms. The normalized spacial score (nSPS) is 21.4. The van der Waals surface area contributed by atoms with Gasteiger partial charge in [-0.2, -0.15) is 0 Å². The highest BCUT2D eigenvalue weighted by molar-refractivity contribution is 6.23. The van der Waals surface area contributed by atoms with Gasteiger partial charge in [-0.05, 0) is 111 Å². The van der Waals surface area contributed by atoms with Crippen LogP contribution in [-0.2, 0) is 22.7 Å². The Morgan fingerprint density at radius 1 is 0.815 bits per heavy atom. The van der Waals surface area contributed by atoms with Crippen molar-refractivity contribution < 1.29 is 33.4 Å². The Morgan fingerprint density at radius 2 is 1.67 bits per heavy atom. The number of ether oxygens (including phenoxy) is 2. The smallest absolute Gasteiger partial charge is 0.262 e. The number of nitrogens with zero attached hydrogens (tertiary/aromatic N) is 4. The van der Waals surface area contributed by atoms with E-state index < -0.39 is 29.7 Å². The third-order valence-electron chi connectivity index (χ3n) is 11.2. The van der Waals surface area contributed by atoms with Crippen molar-refractivity contribution in [1.82, 2.24) is 24.6 Å². The zero-order valence-corrected chi connectivity index (χ0v) is 30.3. The van der Waals surface area contributed by atoms with E-state index in [4.69, 9.17) is 9.47 Å². The SMILES string of the molecule is O=Cc1ccc2ccn(CCOc3cccc(CN4CCC(CN5CCCC(Oc6ccc7c(c6)C(=O)N(C6CCC(=O)NC6=O)C7=O)C5)CC4)c3)c2c1. The molecule has 12 heteroatoms. The Kier molecular flexibility index (Phi) is 10.3. The van der Waals surface area contributed by atoms with Crippen LogP contribution in [0.5, 0.6) is 11.5 Å². The highest BCUT2D eigenvalue weighted by atomic mass is 16.5. The summed E-state index contributed by atoms with van der Waals surface area (Å²) in [5, 5.41) is 3.34. The summed E-state index contributed by atoms with van der Waals surface area (Å²) in [6.45, 7) is 7.08. The quantitative estimate of drug-likeness (QED) is 0.163. The summed E-state index contributed by atoms with van der Waals surface area (Å²) in [5.41, 5.74) is 3.43. The van der Waals surface area contributed by atoms with Gasteiger partial charge < -0.3 is 14.0 Å². The standard InChI is InChI=1S/C42H45N5O7/c48-27-30-6-7-31-14-18-46(38(31)22-30)19-20-53-32-4-1-3-29(21-32)25-44-16-12-28(13-17-44)24-45-15-2-5-34(26-45)54-33-8-9-35-36(23-33)42(52)47(41(35)51)37-10-11-39(49)43-40(37)50/h1,3-4,6-9,14,18,21-23,27-28,34,37H,2,5,10-13,15-17,19-20,24-26H2,(H,43,49,50). The molecule has 0 aliphatic carbocycles. The van der Waals surface area contributed by atoms with Crippen molar-refractivity contribution in [2.75, 3.05) is 39.3 Å². The Hall–Kier alpha value is -5.33. The van der Waals surface area contributed by atoms with Crippen LogP contribution in [0.2, 0.25) is 0 Å². The molecule has 3 fully saturated rings. The van der Waals surface area contributed by atoms with Crippen LogP contribution in [0.25, 0.3) is 10.9 Å². The molecule has 3 saturated heterocycles. The first-order valence-corrected chi connectivity index (χ1v) is 19.0. The Balaban J connectivity index is 0.786. The van der Waals surface area contributed by atoms with Gasteiger partial charge in [0.05, 0.1) is 17.7 Å². The van der Waals surface area contributed by atoms with Gasteiger partial charge in [-0.25, -0.2) is 0 Å². The van der Waals surface area contributed by atoms with Crippen molar-refractivity contribution >= 4 is 40.8 Å². The van der Waals surface area contributed by atoms with E-state index in [1.165, 1.54) is 5.56 Å². The fraction of sp³-hybridized carbons (Fsp3) is 0.405. The maximum Gasteiger partial charge on any atom is 0.262 e. The maximum absolute atomic E-state index is 13.3. The van der Waals surface area contributed by atoms with Gasteiger partial charge in [0.15, 0.2) is 0 Å². The topological polar surface area (TPSA) is 130 Å². The molecule has 280 valence electrons. The molecule has 1 aromatic heterocycles. The molecule has 5 heterocycles. The number of hydrogen-bond acceptors (Lipinski definition) is 9. The second kappa shape index (κ2) is 15.6. The molecule has 3 aromatic carbocycles. The summed E-state index contributed by atoms with van der Waals surface area (Å²) >= 11 is 0. The lowest BCUT2D eigenvalue weighted by molar-refractivity contribution is -0.136. The number of hydrogen-bond donors (Lipinski definition) is 1. The van der Waals surface area contributed by atoms with Crippen LogP contribution >= 0.6 is 0 Å². The van der Waals surface area contributed by atoms with Crippen LogP contribution in [0.1, 0.15) is 75.2 Å². The van der Waals surface area contributed by atoms with Crippen molar-refractivity contribution in [1.29, 1.82) is 0 Å². The summed E-state index contributed by atoms with van der Waals surface area (Å²) in [6, 6.07) is 20.1. The first kappa shape index (κ1) is 35.7. The van der Waals surface area contributed by atoms with E-state index in [1.807, 2.05) is 30.5 Å². The van der Waals surface area contributed by atoms with Gasteiger partial charge in [0.1, 0.15) is 36.5 Å². The molecule has 4 aliphatic heterocycles. The Morgan fingerprint density at radius 3 is 2.50 bits per heavy atom. The van der Waals surface area contributed by atoms with Crippen LogP contribution in [0.15, 0.2) is 72.9 Å². The first-order valence-electron chi connectivity index (χ1n) is 19.0. The van der Waals surface area contributed by atoms with Gasteiger partial charge in [-0.1, -0.05) is 24.3 Å². The number of fused-ring (bicyclic) bond motifs is 2. The fourth-order valence-corrected chi connectivity index (χ4v) is 8.41. The van der Waals surface area contributed by atoms with Gasteiger partial charge in [0.2, 0.25) is 11.8 Å². The number of aldehydes is 1. The minimum absolute atomic E-state index is 0.0252. The number of aromatic nitrogens is 1. The summed E-state index contributed by atoms with van der Waals surface area (Å²) in [6.07, 6.45) is 7.31. The summed E-state index contributed by atoms with van der Waals surface area (Å²) < 4.78 is 14.7. The zero-order chi connectivity index (χ0) is 37.2. The molecule has 2 atom stereocenters. The van der Waals surface area contributed by atoms with E-state index in [9.17, 15) is 24.0 Å². The van der Waals surface area contributed by atoms with Crippen molar-refractivity contribution in [2.24, 2.45) is 5.92 Å². The zero-order valence-electron chi connectivity index (χ0n) is 30.3. The van der Waals surface area contributed by atoms with Crippen LogP contribution in [0.3, 0.4) is 0 Å². The highest BCUT2D eigenvalue weighted by Gasteiger charge is 2.44. The summed E-state index contributed by atoms with van der Waals surface area (Å²) in [5.74, 6) is -0.0357. The van der Waals surface area contributed by atoms with Crippen LogP contribution < -0.4 is 14.8 Å². The van der Waals surface area contributed by atoms with Crippen molar-refractivity contribution in [3.8, 4) is 11.5 Å². The molecule has 54 heavy (non-hydrogen) atoms. The lowest BCUT2D eigenvalue weighted by atomic mass is 9.94. The molecule has 1 N–H and O–H groups in total. The molecule has 4 aliphatic rings. The number of carbonyl (C=O) groups is 5. The molecular formula is C42H45N5O7. The summed E-state index contributed by atoms with van der Waals surface area (Å²) in [4.78, 5) is 67.6. The molecule has 2 unspecified atom stereocenters. The minimum atomic E-state index is -0.988. The minimum Gasteiger partial charge on any atom is -0.492 e. The van der Waals surface area contributed by atoms with E-state index >= 15 is 0 Å². The molecule has 8 rings (SSSR count). The molecule has 4 amide bonds. The van der Waals surface area contributed by atoms with Gasteiger partial charge in [0, 0.05) is 43.3 Å². The molecule has 0 saturated carbocycles. The molecular weight excluding hydrogens is 686 g/mol. The molecule has 4 aromatic rings. The Labute approximate surface area is 314 Å². The van der Waals surface area contributed by atoms with Crippen molar-refractivity contribution in [3.05, 3.63) is 95.2 Å². The largest absolute Gasteiger partial charge is 0.492 e. The number of imide groups is 2. The average molecular weight is 732 g/mol. The molecule has 0 bridgehead atoms. The fourth-order valence-electron chi connectivity index (χ4n) is 8.41. The van der Waals surface area contributed by atoms with Gasteiger partial charge in [-0.15, -0.1) is 0 Å². The van der Waals surface area contributed by atoms with E-state index in [0.717, 1.165) is 92.8 Å². The average Bonchev–Trinajstić information content (AvgIpc) is 3.69. The predicted octanol–water partition coefficient (Wildman–Crippen LogP) is 4.69. The van der Waals surface area contributed by atoms with Gasteiger partial charge in [-0.3, -0.25) is 44.0 Å². The second-order valence-electron chi connectivity index (χ2n) is 15.0. The number of carbonyl (C=O) groups excluding carboxylic acids is 5. The van der Waals surface area contributed by atoms with Crippen LogP contribution in [0.4, 0.5) is 0 Å². The number of piperidine rings is 3. The van der Waals surface area contributed by atoms with Crippen LogP contribution in [0, 0.1) is 5.92 Å². The van der Waals surface area contributed by atoms with E-state index in [1.54, 1.807) is 18.2 Å². The van der Waals surface area contributed by atoms with Gasteiger partial charge in [0.25, 0.3) is 11.8 Å². The third-order valence-corrected chi connectivity index (χ3v) is 11.2. The van der Waals surface area contributed by atoms with Crippen molar-refractivity contribution in [3.63, 3.8) is 0 Å². The highest BCUT2D eigenvalue weighted by Crippen LogP contribution is 2.32. The lowest BCUT2D eigenvalue weighted by Crippen LogP contribution is -2.54. The van der Waals surface area contributed by atoms with E-state index in [-0.39, 0.29) is 30.1 Å². The number of nitrogens with one attached hydrogen (secondary N) is 1. The number of amides is 4. The van der Waals surface area contributed by atoms with Gasteiger partial charge >= 0.3 is 0 Å². The number of likely N-dealkylation sites (tertiary alicyclic amines) is 2. The second-order valence-corrected chi connectivity index (χ2v) is 15.0. The number of rotatable bonds is 12. The molecule has 12 nitrogen and oxygen atoms in total. The third kappa shape index (κ3) is 7.67.